The number of nitrogens with one attached hydrogen (secondary N) is 2. The number of rotatable bonds is 2. The van der Waals surface area contributed by atoms with Gasteiger partial charge in [-0.05, 0) is 56.4 Å². The van der Waals surface area contributed by atoms with Crippen molar-refractivity contribution in [3.63, 3.8) is 0 Å². The van der Waals surface area contributed by atoms with Gasteiger partial charge in [0.2, 0.25) is 0 Å². The Morgan fingerprint density at radius 1 is 1.12 bits per heavy atom. The number of H-pyrrole nitrogens is 2. The first-order valence-electron chi connectivity index (χ1n) is 9.03. The summed E-state index contributed by atoms with van der Waals surface area (Å²) in [5, 5.41) is 8.70. The molecule has 3 aromatic heterocycles. The zero-order chi connectivity index (χ0) is 17.1. The Morgan fingerprint density at radius 3 is 2.64 bits per heavy atom. The summed E-state index contributed by atoms with van der Waals surface area (Å²) in [7, 11) is 0. The fraction of sp³-hybridized carbons (Fsp3) is 0.368. The Kier molecular flexibility index (Phi) is 2.98. The first kappa shape index (κ1) is 14.6. The van der Waals surface area contributed by atoms with Crippen LogP contribution in [-0.4, -0.2) is 24.3 Å². The number of nitrogens with zero attached hydrogens (tertiary/aromatic N) is 3. The first-order valence-corrected chi connectivity index (χ1v) is 9.03. The molecule has 3 heterocycles. The molecule has 1 aliphatic carbocycles. The molecule has 1 aliphatic rings. The molecule has 0 aliphatic heterocycles. The van der Waals surface area contributed by atoms with Gasteiger partial charge in [-0.15, -0.1) is 0 Å². The molecule has 5 rings (SSSR count). The Hall–Kier alpha value is -2.76. The second-order valence-electron chi connectivity index (χ2n) is 6.75. The Morgan fingerprint density at radius 2 is 1.88 bits per heavy atom. The third kappa shape index (κ3) is 1.85. The molecule has 0 radical (unpaired) electrons. The van der Waals surface area contributed by atoms with Crippen molar-refractivity contribution in [2.75, 3.05) is 0 Å². The van der Waals surface area contributed by atoms with E-state index in [2.05, 4.69) is 27.3 Å². The van der Waals surface area contributed by atoms with Gasteiger partial charge in [-0.2, -0.15) is 5.10 Å². The van der Waals surface area contributed by atoms with Crippen LogP contribution in [0.4, 0.5) is 0 Å². The van der Waals surface area contributed by atoms with Gasteiger partial charge in [0.05, 0.1) is 16.7 Å². The normalized spacial score (nSPS) is 14.0. The summed E-state index contributed by atoms with van der Waals surface area (Å²) in [6.45, 7) is 5.41. The zero-order valence-corrected chi connectivity index (χ0v) is 14.5. The van der Waals surface area contributed by atoms with Crippen molar-refractivity contribution >= 4 is 21.9 Å². The van der Waals surface area contributed by atoms with E-state index in [-0.39, 0.29) is 5.69 Å². The maximum absolute atomic E-state index is 12.6. The molecular weight excluding hydrogens is 314 g/mol. The van der Waals surface area contributed by atoms with Gasteiger partial charge in [0, 0.05) is 30.2 Å². The van der Waals surface area contributed by atoms with Crippen LogP contribution in [0.1, 0.15) is 31.4 Å². The van der Waals surface area contributed by atoms with E-state index in [0.717, 1.165) is 47.2 Å². The smallest absolute Gasteiger partial charge is 0.329 e. The van der Waals surface area contributed by atoms with Crippen molar-refractivity contribution in [2.24, 2.45) is 0 Å². The van der Waals surface area contributed by atoms with Crippen LogP contribution in [-0.2, 0) is 25.9 Å². The lowest BCUT2D eigenvalue weighted by atomic mass is 10.1. The van der Waals surface area contributed by atoms with Crippen molar-refractivity contribution < 1.29 is 0 Å². The molecule has 6 heteroatoms. The third-order valence-corrected chi connectivity index (χ3v) is 5.51. The summed E-state index contributed by atoms with van der Waals surface area (Å²) >= 11 is 0. The summed E-state index contributed by atoms with van der Waals surface area (Å²) < 4.78 is 3.72. The molecule has 0 saturated heterocycles. The van der Waals surface area contributed by atoms with E-state index in [1.807, 2.05) is 29.2 Å². The fourth-order valence-corrected chi connectivity index (χ4v) is 4.31. The SMILES string of the molecule is CCn1c(=O)n(CC)c2cc3c4c([nH]c3cc21)-c1n[nH]cc1CCC4. The first-order chi connectivity index (χ1) is 12.2. The Bertz CT molecular complexity index is 1170. The number of hydrogen-bond donors (Lipinski definition) is 2. The lowest BCUT2D eigenvalue weighted by Crippen LogP contribution is -2.23. The maximum Gasteiger partial charge on any atom is 0.329 e. The summed E-state index contributed by atoms with van der Waals surface area (Å²) in [4.78, 5) is 16.2. The second-order valence-corrected chi connectivity index (χ2v) is 6.75. The van der Waals surface area contributed by atoms with E-state index >= 15 is 0 Å². The average Bonchev–Trinajstić information content (AvgIpc) is 3.24. The molecule has 0 atom stereocenters. The topological polar surface area (TPSA) is 71.4 Å². The molecule has 128 valence electrons. The molecule has 2 N–H and O–H groups in total. The van der Waals surface area contributed by atoms with Crippen LogP contribution >= 0.6 is 0 Å². The third-order valence-electron chi connectivity index (χ3n) is 5.51. The monoisotopic (exact) mass is 335 g/mol. The van der Waals surface area contributed by atoms with Gasteiger partial charge >= 0.3 is 5.69 Å². The minimum atomic E-state index is 0.0772. The van der Waals surface area contributed by atoms with Crippen molar-refractivity contribution in [3.05, 3.63) is 39.9 Å². The molecule has 6 nitrogen and oxygen atoms in total. The van der Waals surface area contributed by atoms with Crippen LogP contribution in [0, 0.1) is 0 Å². The van der Waals surface area contributed by atoms with E-state index in [4.69, 9.17) is 0 Å². The van der Waals surface area contributed by atoms with Gasteiger partial charge in [0.15, 0.2) is 0 Å². The van der Waals surface area contributed by atoms with Crippen LogP contribution in [0.5, 0.6) is 0 Å². The van der Waals surface area contributed by atoms with Gasteiger partial charge in [-0.3, -0.25) is 14.2 Å². The van der Waals surface area contributed by atoms with Crippen molar-refractivity contribution in [2.45, 2.75) is 46.2 Å². The highest BCUT2D eigenvalue weighted by atomic mass is 16.1. The van der Waals surface area contributed by atoms with Gasteiger partial charge in [0.25, 0.3) is 0 Å². The van der Waals surface area contributed by atoms with Crippen LogP contribution in [0.15, 0.2) is 23.1 Å². The molecule has 0 fully saturated rings. The number of imidazole rings is 1. The van der Waals surface area contributed by atoms with Gasteiger partial charge in [-0.25, -0.2) is 4.79 Å². The lowest BCUT2D eigenvalue weighted by Gasteiger charge is -2.01. The quantitative estimate of drug-likeness (QED) is 0.590. The lowest BCUT2D eigenvalue weighted by molar-refractivity contribution is 0.671. The molecule has 0 unspecified atom stereocenters. The highest BCUT2D eigenvalue weighted by molar-refractivity contribution is 5.99. The van der Waals surface area contributed by atoms with Gasteiger partial charge in [0.1, 0.15) is 5.69 Å². The molecule has 25 heavy (non-hydrogen) atoms. The van der Waals surface area contributed by atoms with E-state index in [0.29, 0.717) is 13.1 Å². The van der Waals surface area contributed by atoms with Gasteiger partial charge in [-0.1, -0.05) is 0 Å². The molecule has 0 amide bonds. The van der Waals surface area contributed by atoms with Gasteiger partial charge < -0.3 is 4.98 Å². The summed E-state index contributed by atoms with van der Waals surface area (Å²) in [6.07, 6.45) is 5.19. The number of aromatic amines is 2. The Balaban J connectivity index is 1.89. The number of hydrogen-bond acceptors (Lipinski definition) is 2. The molecule has 0 spiro atoms. The maximum atomic E-state index is 12.6. The molecule has 4 aromatic rings. The van der Waals surface area contributed by atoms with Crippen LogP contribution in [0.25, 0.3) is 33.3 Å². The summed E-state index contributed by atoms with van der Waals surface area (Å²) in [5.41, 5.74) is 7.96. The molecule has 0 saturated carbocycles. The Labute approximate surface area is 144 Å². The number of aromatic nitrogens is 5. The largest absolute Gasteiger partial charge is 0.353 e. The van der Waals surface area contributed by atoms with Crippen LogP contribution < -0.4 is 5.69 Å². The molecule has 1 aromatic carbocycles. The van der Waals surface area contributed by atoms with E-state index < -0.39 is 0 Å². The molecule has 0 bridgehead atoms. The summed E-state index contributed by atoms with van der Waals surface area (Å²) in [5.74, 6) is 0. The van der Waals surface area contributed by atoms with E-state index in [1.54, 1.807) is 0 Å². The zero-order valence-electron chi connectivity index (χ0n) is 14.5. The molecular formula is C19H21N5O. The summed E-state index contributed by atoms with van der Waals surface area (Å²) in [6, 6.07) is 4.32. The average molecular weight is 335 g/mol. The van der Waals surface area contributed by atoms with Crippen molar-refractivity contribution in [3.8, 4) is 11.4 Å². The second kappa shape index (κ2) is 5.12. The van der Waals surface area contributed by atoms with Crippen LogP contribution in [0.2, 0.25) is 0 Å². The predicted molar refractivity (Wildman–Crippen MR) is 99.0 cm³/mol. The highest BCUT2D eigenvalue weighted by Gasteiger charge is 2.22. The van der Waals surface area contributed by atoms with Crippen molar-refractivity contribution in [1.82, 2.24) is 24.3 Å². The van der Waals surface area contributed by atoms with E-state index in [1.165, 1.54) is 16.5 Å². The number of aryl methyl sites for hydroxylation is 4. The number of benzene rings is 1. The minimum absolute atomic E-state index is 0.0772. The van der Waals surface area contributed by atoms with Crippen molar-refractivity contribution in [1.29, 1.82) is 0 Å². The predicted octanol–water partition coefficient (Wildman–Crippen LogP) is 3.20. The highest BCUT2D eigenvalue weighted by Crippen LogP contribution is 2.36. The number of fused-ring (bicyclic) bond motifs is 6. The van der Waals surface area contributed by atoms with Crippen LogP contribution in [0.3, 0.4) is 0 Å². The standard InChI is InChI=1S/C19H21N5O/c1-3-23-15-8-13-12-7-5-6-11-10-20-22-17(11)18(12)21-14(13)9-16(15)24(4-2)19(23)25/h8-10,21H,3-7H2,1-2H3,(H,20,22). The minimum Gasteiger partial charge on any atom is -0.353 e. The van der Waals surface area contributed by atoms with E-state index in [9.17, 15) is 4.79 Å². The fourth-order valence-electron chi connectivity index (χ4n) is 4.31.